The smallest absolute Gasteiger partial charge is 0.257 e. The minimum atomic E-state index is -3.59. The molecule has 1 aromatic heterocycles. The molecule has 7 nitrogen and oxygen atoms in total. The van der Waals surface area contributed by atoms with Crippen molar-refractivity contribution in [1.82, 2.24) is 9.71 Å². The number of hydrogen-bond acceptors (Lipinski definition) is 6. The maximum atomic E-state index is 12.5. The molecule has 1 aliphatic heterocycles. The van der Waals surface area contributed by atoms with Gasteiger partial charge in [0.05, 0.1) is 17.2 Å². The zero-order valence-electron chi connectivity index (χ0n) is 16.5. The van der Waals surface area contributed by atoms with Gasteiger partial charge in [-0.25, -0.2) is 18.1 Å². The molecular formula is C21H21N3O4S2. The van der Waals surface area contributed by atoms with E-state index in [1.54, 1.807) is 13.8 Å². The van der Waals surface area contributed by atoms with Gasteiger partial charge < -0.3 is 4.74 Å². The standard InChI is InChI=1S/C21H21N3O4S2/c1-13(2)24-30(26,27)17-6-3-14(4-7-17)20(25)23-21-22-18(12-29-21)15-5-8-19-16(11-15)9-10-28-19/h3-8,11-13,24H,9-10H2,1-2H3,(H,22,23,25). The molecule has 0 spiro atoms. The summed E-state index contributed by atoms with van der Waals surface area (Å²) in [6.07, 6.45) is 0.884. The summed E-state index contributed by atoms with van der Waals surface area (Å²) in [5, 5.41) is 5.14. The summed E-state index contributed by atoms with van der Waals surface area (Å²) in [7, 11) is -3.59. The first-order valence-corrected chi connectivity index (χ1v) is 11.8. The number of sulfonamides is 1. The fourth-order valence-electron chi connectivity index (χ4n) is 3.14. The van der Waals surface area contributed by atoms with Crippen LogP contribution in [0.2, 0.25) is 0 Å². The zero-order chi connectivity index (χ0) is 21.3. The number of fused-ring (bicyclic) bond motifs is 1. The molecule has 0 atom stereocenters. The van der Waals surface area contributed by atoms with Crippen molar-refractivity contribution >= 4 is 32.4 Å². The van der Waals surface area contributed by atoms with Crippen molar-refractivity contribution in [3.63, 3.8) is 0 Å². The van der Waals surface area contributed by atoms with E-state index in [1.165, 1.54) is 35.6 Å². The van der Waals surface area contributed by atoms with Crippen molar-refractivity contribution in [1.29, 1.82) is 0 Å². The number of aromatic nitrogens is 1. The molecule has 2 heterocycles. The second kappa shape index (κ2) is 8.17. The third-order valence-corrected chi connectivity index (χ3v) is 6.96. The summed E-state index contributed by atoms with van der Waals surface area (Å²) < 4.78 is 32.4. The third-order valence-electron chi connectivity index (χ3n) is 4.53. The number of carbonyl (C=O) groups excluding carboxylic acids is 1. The number of hydrogen-bond donors (Lipinski definition) is 2. The minimum Gasteiger partial charge on any atom is -0.493 e. The van der Waals surface area contributed by atoms with Crippen LogP contribution in [0.25, 0.3) is 11.3 Å². The molecule has 9 heteroatoms. The quantitative estimate of drug-likeness (QED) is 0.606. The molecule has 4 rings (SSSR count). The topological polar surface area (TPSA) is 97.4 Å². The average molecular weight is 444 g/mol. The number of nitrogens with one attached hydrogen (secondary N) is 2. The van der Waals surface area contributed by atoms with Gasteiger partial charge in [0.1, 0.15) is 5.75 Å². The summed E-state index contributed by atoms with van der Waals surface area (Å²) >= 11 is 1.33. The summed E-state index contributed by atoms with van der Waals surface area (Å²) in [5.74, 6) is 0.565. The van der Waals surface area contributed by atoms with Gasteiger partial charge >= 0.3 is 0 Å². The number of nitrogens with zero attached hydrogens (tertiary/aromatic N) is 1. The number of ether oxygens (including phenoxy) is 1. The summed E-state index contributed by atoms with van der Waals surface area (Å²) in [6.45, 7) is 4.20. The van der Waals surface area contributed by atoms with Crippen LogP contribution in [-0.2, 0) is 16.4 Å². The van der Waals surface area contributed by atoms with E-state index in [1.807, 2.05) is 17.5 Å². The van der Waals surface area contributed by atoms with Crippen LogP contribution < -0.4 is 14.8 Å². The van der Waals surface area contributed by atoms with E-state index >= 15 is 0 Å². The van der Waals surface area contributed by atoms with Crippen LogP contribution in [0.5, 0.6) is 5.75 Å². The molecule has 30 heavy (non-hydrogen) atoms. The fourth-order valence-corrected chi connectivity index (χ4v) is 5.11. The van der Waals surface area contributed by atoms with Crippen LogP contribution in [0.1, 0.15) is 29.8 Å². The van der Waals surface area contributed by atoms with Gasteiger partial charge in [0.2, 0.25) is 10.0 Å². The molecule has 0 aliphatic carbocycles. The van der Waals surface area contributed by atoms with E-state index in [9.17, 15) is 13.2 Å². The average Bonchev–Trinajstić information content (AvgIpc) is 3.35. The molecular weight excluding hydrogens is 422 g/mol. The second-order valence-electron chi connectivity index (χ2n) is 7.21. The van der Waals surface area contributed by atoms with Gasteiger partial charge in [-0.1, -0.05) is 0 Å². The summed E-state index contributed by atoms with van der Waals surface area (Å²) in [4.78, 5) is 17.1. The van der Waals surface area contributed by atoms with Crippen LogP contribution in [0, 0.1) is 0 Å². The Labute approximate surface area is 179 Å². The number of benzene rings is 2. The maximum Gasteiger partial charge on any atom is 0.257 e. The molecule has 1 amide bonds. The van der Waals surface area contributed by atoms with E-state index in [0.29, 0.717) is 17.3 Å². The molecule has 2 aromatic carbocycles. The van der Waals surface area contributed by atoms with Crippen molar-refractivity contribution in [3.05, 3.63) is 59.0 Å². The Morgan fingerprint density at radius 3 is 2.67 bits per heavy atom. The van der Waals surface area contributed by atoms with Crippen molar-refractivity contribution < 1.29 is 17.9 Å². The number of thiazole rings is 1. The monoisotopic (exact) mass is 443 g/mol. The van der Waals surface area contributed by atoms with Gasteiger partial charge in [-0.05, 0) is 61.9 Å². The highest BCUT2D eigenvalue weighted by atomic mass is 32.2. The predicted octanol–water partition coefficient (Wildman–Crippen LogP) is 3.68. The number of anilines is 1. The minimum absolute atomic E-state index is 0.116. The lowest BCUT2D eigenvalue weighted by atomic mass is 10.1. The third kappa shape index (κ3) is 4.38. The first-order valence-electron chi connectivity index (χ1n) is 9.47. The van der Waals surface area contributed by atoms with Gasteiger partial charge in [0, 0.05) is 29.0 Å². The zero-order valence-corrected chi connectivity index (χ0v) is 18.1. The molecule has 3 aromatic rings. The van der Waals surface area contributed by atoms with Crippen LogP contribution >= 0.6 is 11.3 Å². The van der Waals surface area contributed by atoms with E-state index in [2.05, 4.69) is 21.1 Å². The lowest BCUT2D eigenvalue weighted by Gasteiger charge is -2.10. The Morgan fingerprint density at radius 1 is 1.17 bits per heavy atom. The van der Waals surface area contributed by atoms with E-state index < -0.39 is 10.0 Å². The summed E-state index contributed by atoms with van der Waals surface area (Å²) in [5.41, 5.74) is 3.27. The van der Waals surface area contributed by atoms with Gasteiger partial charge in [0.15, 0.2) is 5.13 Å². The number of rotatable bonds is 6. The van der Waals surface area contributed by atoms with E-state index in [4.69, 9.17) is 4.74 Å². The van der Waals surface area contributed by atoms with E-state index in [-0.39, 0.29) is 16.8 Å². The van der Waals surface area contributed by atoms with Gasteiger partial charge in [-0.15, -0.1) is 11.3 Å². The van der Waals surface area contributed by atoms with Gasteiger partial charge in [0.25, 0.3) is 5.91 Å². The Morgan fingerprint density at radius 2 is 1.93 bits per heavy atom. The Hall–Kier alpha value is -2.75. The van der Waals surface area contributed by atoms with Crippen molar-refractivity contribution in [2.75, 3.05) is 11.9 Å². The summed E-state index contributed by atoms with van der Waals surface area (Å²) in [6, 6.07) is 11.6. The Kier molecular flexibility index (Phi) is 5.59. The highest BCUT2D eigenvalue weighted by molar-refractivity contribution is 7.89. The molecule has 2 N–H and O–H groups in total. The van der Waals surface area contributed by atoms with Crippen LogP contribution in [0.15, 0.2) is 52.7 Å². The highest BCUT2D eigenvalue weighted by Gasteiger charge is 2.17. The second-order valence-corrected chi connectivity index (χ2v) is 9.79. The molecule has 0 bridgehead atoms. The van der Waals surface area contributed by atoms with Gasteiger partial charge in [-0.2, -0.15) is 0 Å². The first kappa shape index (κ1) is 20.5. The van der Waals surface area contributed by atoms with E-state index in [0.717, 1.165) is 29.0 Å². The fraction of sp³-hybridized carbons (Fsp3) is 0.238. The lowest BCUT2D eigenvalue weighted by Crippen LogP contribution is -2.30. The van der Waals surface area contributed by atoms with Crippen LogP contribution in [0.4, 0.5) is 5.13 Å². The van der Waals surface area contributed by atoms with Crippen molar-refractivity contribution in [2.24, 2.45) is 0 Å². The van der Waals surface area contributed by atoms with Gasteiger partial charge in [-0.3, -0.25) is 10.1 Å². The van der Waals surface area contributed by atoms with Crippen LogP contribution in [-0.4, -0.2) is 32.0 Å². The number of amides is 1. The highest BCUT2D eigenvalue weighted by Crippen LogP contribution is 2.32. The molecule has 0 unspecified atom stereocenters. The normalized spacial score (nSPS) is 13.2. The molecule has 0 radical (unpaired) electrons. The Bertz CT molecular complexity index is 1190. The lowest BCUT2D eigenvalue weighted by molar-refractivity contribution is 0.102. The number of carbonyl (C=O) groups is 1. The molecule has 1 aliphatic rings. The van der Waals surface area contributed by atoms with Crippen molar-refractivity contribution in [2.45, 2.75) is 31.2 Å². The molecule has 0 saturated carbocycles. The Balaban J connectivity index is 1.46. The largest absolute Gasteiger partial charge is 0.493 e. The molecule has 0 fully saturated rings. The SMILES string of the molecule is CC(C)NS(=O)(=O)c1ccc(C(=O)Nc2nc(-c3ccc4c(c3)CCO4)cs2)cc1. The molecule has 156 valence electrons. The van der Waals surface area contributed by atoms with Crippen molar-refractivity contribution in [3.8, 4) is 17.0 Å². The first-order chi connectivity index (χ1) is 14.3. The predicted molar refractivity (Wildman–Crippen MR) is 117 cm³/mol. The van der Waals surface area contributed by atoms with Crippen LogP contribution in [0.3, 0.4) is 0 Å². The maximum absolute atomic E-state index is 12.5. The molecule has 0 saturated heterocycles.